The number of nitrogens with zero attached hydrogens (tertiary/aromatic N) is 3. The third-order valence-corrected chi connectivity index (χ3v) is 2.39. The fraction of sp³-hybridized carbons (Fsp3) is 0.545. The highest BCUT2D eigenvalue weighted by atomic mass is 15.2. The van der Waals surface area contributed by atoms with Crippen molar-refractivity contribution < 1.29 is 0 Å². The molecule has 0 fully saturated rings. The average Bonchev–Trinajstić information content (AvgIpc) is 2.24. The highest BCUT2D eigenvalue weighted by Gasteiger charge is 2.09. The largest absolute Gasteiger partial charge is 0.367 e. The molecule has 0 aliphatic carbocycles. The molecule has 0 spiro atoms. The molecule has 1 N–H and O–H groups in total. The minimum Gasteiger partial charge on any atom is -0.367 e. The van der Waals surface area contributed by atoms with Gasteiger partial charge in [-0.25, -0.2) is 0 Å². The van der Waals surface area contributed by atoms with Crippen LogP contribution in [-0.2, 0) is 0 Å². The number of nitrogens with one attached hydrogen (secondary N) is 1. The van der Waals surface area contributed by atoms with E-state index in [0.29, 0.717) is 11.4 Å². The maximum atomic E-state index is 9.02. The summed E-state index contributed by atoms with van der Waals surface area (Å²) in [5, 5.41) is 20.2. The van der Waals surface area contributed by atoms with E-state index in [0.717, 1.165) is 30.6 Å². The molecule has 0 unspecified atom stereocenters. The summed E-state index contributed by atoms with van der Waals surface area (Å²) in [7, 11) is 0. The molecule has 0 aliphatic heterocycles. The Balaban J connectivity index is 2.89. The van der Waals surface area contributed by atoms with Gasteiger partial charge in [0.25, 0.3) is 0 Å². The predicted molar refractivity (Wildman–Crippen MR) is 59.6 cm³/mol. The van der Waals surface area contributed by atoms with E-state index in [2.05, 4.69) is 28.5 Å². The van der Waals surface area contributed by atoms with Gasteiger partial charge in [-0.2, -0.15) is 10.4 Å². The van der Waals surface area contributed by atoms with E-state index in [1.165, 1.54) is 0 Å². The zero-order chi connectivity index (χ0) is 11.3. The molecule has 0 amide bonds. The number of rotatable bonds is 4. The maximum absolute atomic E-state index is 9.02. The first-order chi connectivity index (χ1) is 7.20. The fourth-order valence-electron chi connectivity index (χ4n) is 1.25. The molecule has 4 nitrogen and oxygen atoms in total. The molecule has 1 rings (SSSR count). The fourth-order valence-corrected chi connectivity index (χ4v) is 1.25. The average molecular weight is 204 g/mol. The van der Waals surface area contributed by atoms with E-state index in [-0.39, 0.29) is 0 Å². The second kappa shape index (κ2) is 5.30. The van der Waals surface area contributed by atoms with Crippen LogP contribution in [0.1, 0.15) is 36.6 Å². The molecule has 0 radical (unpaired) electrons. The van der Waals surface area contributed by atoms with Gasteiger partial charge in [0.2, 0.25) is 0 Å². The van der Waals surface area contributed by atoms with Crippen LogP contribution in [0.4, 0.5) is 5.82 Å². The van der Waals surface area contributed by atoms with Crippen molar-refractivity contribution in [1.82, 2.24) is 10.2 Å². The van der Waals surface area contributed by atoms with Gasteiger partial charge >= 0.3 is 0 Å². The van der Waals surface area contributed by atoms with Gasteiger partial charge in [0, 0.05) is 6.54 Å². The van der Waals surface area contributed by atoms with Crippen LogP contribution in [0.25, 0.3) is 0 Å². The minimum absolute atomic E-state index is 0.606. The van der Waals surface area contributed by atoms with Gasteiger partial charge in [-0.1, -0.05) is 13.3 Å². The monoisotopic (exact) mass is 204 g/mol. The molecule has 1 heterocycles. The van der Waals surface area contributed by atoms with Crippen LogP contribution in [0.15, 0.2) is 0 Å². The van der Waals surface area contributed by atoms with Crippen LogP contribution < -0.4 is 5.32 Å². The van der Waals surface area contributed by atoms with Gasteiger partial charge in [-0.05, 0) is 25.8 Å². The van der Waals surface area contributed by atoms with E-state index < -0.39 is 0 Å². The lowest BCUT2D eigenvalue weighted by Gasteiger charge is -2.08. The lowest BCUT2D eigenvalue weighted by atomic mass is 10.1. The third-order valence-electron chi connectivity index (χ3n) is 2.39. The van der Waals surface area contributed by atoms with Gasteiger partial charge in [0.05, 0.1) is 5.69 Å². The molecule has 1 aromatic heterocycles. The summed E-state index contributed by atoms with van der Waals surface area (Å²) in [5.41, 5.74) is 2.33. The second-order valence-electron chi connectivity index (χ2n) is 3.53. The number of unbranched alkanes of at least 4 members (excludes halogenated alkanes) is 1. The summed E-state index contributed by atoms with van der Waals surface area (Å²) in [5.74, 6) is 0.606. The summed E-state index contributed by atoms with van der Waals surface area (Å²) in [6, 6.07) is 2.17. The zero-order valence-corrected chi connectivity index (χ0v) is 9.46. The van der Waals surface area contributed by atoms with Gasteiger partial charge in [-0.15, -0.1) is 5.10 Å². The summed E-state index contributed by atoms with van der Waals surface area (Å²) >= 11 is 0. The molecule has 0 saturated heterocycles. The summed E-state index contributed by atoms with van der Waals surface area (Å²) in [6.45, 7) is 6.72. The van der Waals surface area contributed by atoms with Crippen LogP contribution in [-0.4, -0.2) is 16.7 Å². The number of aryl methyl sites for hydroxylation is 1. The van der Waals surface area contributed by atoms with Crippen LogP contribution in [0.3, 0.4) is 0 Å². The summed E-state index contributed by atoms with van der Waals surface area (Å²) < 4.78 is 0. The normalized spacial score (nSPS) is 9.73. The molecular formula is C11H16N4. The molecule has 0 aliphatic rings. The van der Waals surface area contributed by atoms with Crippen molar-refractivity contribution in [3.63, 3.8) is 0 Å². The van der Waals surface area contributed by atoms with Crippen LogP contribution in [0.2, 0.25) is 0 Å². The molecule has 0 saturated carbocycles. The first kappa shape index (κ1) is 11.4. The molecule has 4 heteroatoms. The molecule has 0 bridgehead atoms. The Morgan fingerprint density at radius 1 is 1.33 bits per heavy atom. The number of nitriles is 1. The highest BCUT2D eigenvalue weighted by Crippen LogP contribution is 2.16. The van der Waals surface area contributed by atoms with Gasteiger partial charge < -0.3 is 5.32 Å². The molecule has 0 atom stereocenters. The van der Waals surface area contributed by atoms with E-state index in [4.69, 9.17) is 5.26 Å². The maximum Gasteiger partial charge on any atom is 0.166 e. The number of anilines is 1. The topological polar surface area (TPSA) is 61.6 Å². The highest BCUT2D eigenvalue weighted by molar-refractivity contribution is 5.55. The Kier molecular flexibility index (Phi) is 4.04. The van der Waals surface area contributed by atoms with Crippen molar-refractivity contribution in [2.24, 2.45) is 0 Å². The van der Waals surface area contributed by atoms with Gasteiger partial charge in [0.15, 0.2) is 5.82 Å². The van der Waals surface area contributed by atoms with Crippen molar-refractivity contribution in [2.45, 2.75) is 33.6 Å². The van der Waals surface area contributed by atoms with Crippen molar-refractivity contribution in [3.05, 3.63) is 16.8 Å². The SMILES string of the molecule is CCCCNc1nnc(C)c(C)c1C#N. The molecule has 80 valence electrons. The van der Waals surface area contributed by atoms with E-state index in [1.54, 1.807) is 0 Å². The quantitative estimate of drug-likeness (QED) is 0.763. The Bertz CT molecular complexity index is 379. The van der Waals surface area contributed by atoms with E-state index in [9.17, 15) is 0 Å². The Hall–Kier alpha value is -1.63. The van der Waals surface area contributed by atoms with Crippen LogP contribution >= 0.6 is 0 Å². The standard InChI is InChI=1S/C11H16N4/c1-4-5-6-13-11-10(7-12)8(2)9(3)14-15-11/h4-6H2,1-3H3,(H,13,15). The Morgan fingerprint density at radius 3 is 2.67 bits per heavy atom. The molecule has 1 aromatic rings. The number of hydrogen-bond acceptors (Lipinski definition) is 4. The number of hydrogen-bond donors (Lipinski definition) is 1. The smallest absolute Gasteiger partial charge is 0.166 e. The van der Waals surface area contributed by atoms with Crippen molar-refractivity contribution in [3.8, 4) is 6.07 Å². The van der Waals surface area contributed by atoms with Crippen LogP contribution in [0.5, 0.6) is 0 Å². The molecule has 15 heavy (non-hydrogen) atoms. The van der Waals surface area contributed by atoms with Gasteiger partial charge in [0.1, 0.15) is 11.6 Å². The second-order valence-corrected chi connectivity index (χ2v) is 3.53. The van der Waals surface area contributed by atoms with Crippen molar-refractivity contribution in [1.29, 1.82) is 5.26 Å². The summed E-state index contributed by atoms with van der Waals surface area (Å²) in [4.78, 5) is 0. The Labute approximate surface area is 90.3 Å². The lowest BCUT2D eigenvalue weighted by molar-refractivity contribution is 0.823. The molecule has 0 aromatic carbocycles. The summed E-state index contributed by atoms with van der Waals surface area (Å²) in [6.07, 6.45) is 2.19. The van der Waals surface area contributed by atoms with E-state index >= 15 is 0 Å². The van der Waals surface area contributed by atoms with Crippen molar-refractivity contribution in [2.75, 3.05) is 11.9 Å². The van der Waals surface area contributed by atoms with Crippen LogP contribution in [0, 0.1) is 25.2 Å². The zero-order valence-electron chi connectivity index (χ0n) is 9.46. The number of aromatic nitrogens is 2. The first-order valence-corrected chi connectivity index (χ1v) is 5.18. The van der Waals surface area contributed by atoms with Crippen molar-refractivity contribution >= 4 is 5.82 Å². The predicted octanol–water partition coefficient (Wildman–Crippen LogP) is 2.18. The molecular weight excluding hydrogens is 188 g/mol. The van der Waals surface area contributed by atoms with E-state index in [1.807, 2.05) is 13.8 Å². The lowest BCUT2D eigenvalue weighted by Crippen LogP contribution is -2.08. The Morgan fingerprint density at radius 2 is 2.07 bits per heavy atom. The third kappa shape index (κ3) is 2.66. The van der Waals surface area contributed by atoms with Gasteiger partial charge in [-0.3, -0.25) is 0 Å². The first-order valence-electron chi connectivity index (χ1n) is 5.18. The minimum atomic E-state index is 0.606.